The zero-order chi connectivity index (χ0) is 38.2. The zero-order valence-corrected chi connectivity index (χ0v) is 33.8. The van der Waals surface area contributed by atoms with Crippen LogP contribution < -0.4 is 5.32 Å². The fraction of sp³-hybridized carbons (Fsp3) is 0.864. The molecule has 5 fully saturated rings. The van der Waals surface area contributed by atoms with E-state index in [1.165, 1.54) is 12.0 Å². The van der Waals surface area contributed by atoms with Crippen LogP contribution in [0.4, 0.5) is 0 Å². The van der Waals surface area contributed by atoms with Gasteiger partial charge in [0.2, 0.25) is 5.91 Å². The number of aliphatic hydroxyl groups excluding tert-OH is 1. The van der Waals surface area contributed by atoms with E-state index in [4.69, 9.17) is 4.74 Å². The second-order valence-electron chi connectivity index (χ2n) is 20.7. The summed E-state index contributed by atoms with van der Waals surface area (Å²) in [6.45, 7) is 19.7. The molecule has 5 saturated carbocycles. The third-order valence-electron chi connectivity index (χ3n) is 16.9. The molecule has 0 bridgehead atoms. The fourth-order valence-corrected chi connectivity index (χ4v) is 13.8. The van der Waals surface area contributed by atoms with Crippen LogP contribution in [0.25, 0.3) is 0 Å². The summed E-state index contributed by atoms with van der Waals surface area (Å²) in [5.41, 5.74) is 0.159. The molecule has 9 atom stereocenters. The van der Waals surface area contributed by atoms with E-state index in [0.29, 0.717) is 18.3 Å². The van der Waals surface area contributed by atoms with E-state index in [1.807, 2.05) is 0 Å². The van der Waals surface area contributed by atoms with Crippen molar-refractivity contribution in [2.75, 3.05) is 6.54 Å². The molecule has 6 aliphatic carbocycles. The third kappa shape index (κ3) is 6.02. The summed E-state index contributed by atoms with van der Waals surface area (Å²) in [4.78, 5) is 52.0. The van der Waals surface area contributed by atoms with Crippen LogP contribution in [-0.4, -0.2) is 52.6 Å². The Morgan fingerprint density at radius 1 is 0.865 bits per heavy atom. The van der Waals surface area contributed by atoms with Crippen LogP contribution >= 0.6 is 0 Å². The molecule has 8 heteroatoms. The van der Waals surface area contributed by atoms with Crippen molar-refractivity contribution in [3.05, 3.63) is 11.1 Å². The number of carbonyl (C=O) groups is 4. The van der Waals surface area contributed by atoms with Crippen molar-refractivity contribution < 1.29 is 34.1 Å². The summed E-state index contributed by atoms with van der Waals surface area (Å²) in [7, 11) is 0. The number of fused-ring (bicyclic) bond motifs is 7. The number of hydrogen-bond donors (Lipinski definition) is 3. The lowest BCUT2D eigenvalue weighted by Gasteiger charge is -2.72. The highest BCUT2D eigenvalue weighted by molar-refractivity contribution is 6.00. The molecule has 0 aromatic heterocycles. The van der Waals surface area contributed by atoms with Crippen LogP contribution in [0.3, 0.4) is 0 Å². The van der Waals surface area contributed by atoms with Gasteiger partial charge in [0.1, 0.15) is 6.10 Å². The number of Topliss-reactive ketones (excluding diaryl/α,β-unsaturated/α-hetero) is 1. The Hall–Kier alpha value is -2.22. The molecule has 0 aromatic carbocycles. The van der Waals surface area contributed by atoms with Gasteiger partial charge in [-0.2, -0.15) is 0 Å². The van der Waals surface area contributed by atoms with Gasteiger partial charge in [0.05, 0.1) is 17.9 Å². The van der Waals surface area contributed by atoms with E-state index < -0.39 is 28.9 Å². The van der Waals surface area contributed by atoms with Gasteiger partial charge in [-0.05, 0) is 124 Å². The molecule has 6 rings (SSSR count). The standard InChI is InChI=1S/C44H69NO7/c1-26(2)35-29(46)23-44(32(47)25-45-37(49)27-13-11-10-12-14-27)22-21-42(8)28(36(35)44)15-16-31-41(7)19-18-33(52-34(48)24-39(3,4)38(50)51)40(5,6)30(41)17-20-43(31,42)9/h26-28,30-33,47H,10-25H2,1-9H3,(H,45,49)(H,50,51)/t28-,30+,31-,32-,33+,41+,42-,43-,44+/m1/s1. The van der Waals surface area contributed by atoms with Crippen molar-refractivity contribution in [2.24, 2.45) is 62.1 Å². The molecule has 0 unspecified atom stereocenters. The maximum atomic E-state index is 14.0. The average Bonchev–Trinajstić information content (AvgIpc) is 3.38. The summed E-state index contributed by atoms with van der Waals surface area (Å²) in [5, 5.41) is 24.9. The normalized spacial score (nSPS) is 39.6. The number of rotatable bonds is 9. The van der Waals surface area contributed by atoms with Crippen LogP contribution in [0, 0.1) is 62.1 Å². The molecule has 0 heterocycles. The number of nitrogens with one attached hydrogen (secondary N) is 1. The minimum Gasteiger partial charge on any atom is -0.481 e. The number of allylic oxidation sites excluding steroid dienone is 1. The molecule has 3 N–H and O–H groups in total. The molecule has 0 aliphatic heterocycles. The third-order valence-corrected chi connectivity index (χ3v) is 16.9. The molecule has 292 valence electrons. The summed E-state index contributed by atoms with van der Waals surface area (Å²) in [5.74, 6) is -0.0352. The van der Waals surface area contributed by atoms with Gasteiger partial charge in [-0.15, -0.1) is 0 Å². The van der Waals surface area contributed by atoms with Crippen molar-refractivity contribution in [2.45, 2.75) is 171 Å². The minimum absolute atomic E-state index is 0.0271. The van der Waals surface area contributed by atoms with E-state index >= 15 is 0 Å². The monoisotopic (exact) mass is 724 g/mol. The van der Waals surface area contributed by atoms with Crippen molar-refractivity contribution in [3.8, 4) is 0 Å². The van der Waals surface area contributed by atoms with E-state index in [9.17, 15) is 29.4 Å². The summed E-state index contributed by atoms with van der Waals surface area (Å²) >= 11 is 0. The zero-order valence-electron chi connectivity index (χ0n) is 33.8. The van der Waals surface area contributed by atoms with Gasteiger partial charge in [0.25, 0.3) is 0 Å². The van der Waals surface area contributed by atoms with E-state index in [-0.39, 0.29) is 70.2 Å². The van der Waals surface area contributed by atoms with Gasteiger partial charge in [-0.3, -0.25) is 19.2 Å². The number of amides is 1. The van der Waals surface area contributed by atoms with E-state index in [2.05, 4.69) is 53.8 Å². The first-order valence-electron chi connectivity index (χ1n) is 20.8. The number of carboxylic acids is 1. The Balaban J connectivity index is 1.26. The number of carboxylic acid groups (broad SMARTS) is 1. The molecule has 0 radical (unpaired) electrons. The maximum Gasteiger partial charge on any atom is 0.309 e. The first kappa shape index (κ1) is 39.5. The minimum atomic E-state index is -1.17. The number of hydrogen-bond acceptors (Lipinski definition) is 6. The van der Waals surface area contributed by atoms with Gasteiger partial charge >= 0.3 is 11.9 Å². The van der Waals surface area contributed by atoms with Crippen molar-refractivity contribution in [1.82, 2.24) is 5.32 Å². The van der Waals surface area contributed by atoms with E-state index in [1.54, 1.807) is 13.8 Å². The van der Waals surface area contributed by atoms with Gasteiger partial charge in [-0.1, -0.05) is 73.3 Å². The first-order valence-corrected chi connectivity index (χ1v) is 20.8. The Morgan fingerprint density at radius 3 is 2.17 bits per heavy atom. The molecule has 1 amide bonds. The fourth-order valence-electron chi connectivity index (χ4n) is 13.8. The smallest absolute Gasteiger partial charge is 0.309 e. The van der Waals surface area contributed by atoms with Crippen molar-refractivity contribution in [3.63, 3.8) is 0 Å². The molecular formula is C44H69NO7. The van der Waals surface area contributed by atoms with E-state index in [0.717, 1.165) is 82.6 Å². The predicted octanol–water partition coefficient (Wildman–Crippen LogP) is 8.44. The average molecular weight is 724 g/mol. The van der Waals surface area contributed by atoms with Crippen LogP contribution in [0.2, 0.25) is 0 Å². The quantitative estimate of drug-likeness (QED) is 0.204. The number of aliphatic hydroxyl groups is 1. The highest BCUT2D eigenvalue weighted by Gasteiger charge is 2.70. The van der Waals surface area contributed by atoms with Crippen LogP contribution in [0.15, 0.2) is 11.1 Å². The molecule has 6 aliphatic rings. The Morgan fingerprint density at radius 2 is 1.54 bits per heavy atom. The molecule has 0 spiro atoms. The van der Waals surface area contributed by atoms with Gasteiger partial charge < -0.3 is 20.3 Å². The van der Waals surface area contributed by atoms with Gasteiger partial charge in [0, 0.05) is 29.7 Å². The molecule has 52 heavy (non-hydrogen) atoms. The van der Waals surface area contributed by atoms with Gasteiger partial charge in [0.15, 0.2) is 5.78 Å². The maximum absolute atomic E-state index is 14.0. The summed E-state index contributed by atoms with van der Waals surface area (Å²) in [6, 6.07) is 0. The van der Waals surface area contributed by atoms with Crippen molar-refractivity contribution >= 4 is 23.6 Å². The first-order chi connectivity index (χ1) is 24.2. The second-order valence-corrected chi connectivity index (χ2v) is 20.7. The van der Waals surface area contributed by atoms with Crippen molar-refractivity contribution in [1.29, 1.82) is 0 Å². The number of esters is 1. The lowest BCUT2D eigenvalue weighted by atomic mass is 9.33. The highest BCUT2D eigenvalue weighted by atomic mass is 16.5. The molecule has 0 aromatic rings. The summed E-state index contributed by atoms with van der Waals surface area (Å²) < 4.78 is 6.16. The molecule has 0 saturated heterocycles. The lowest BCUT2D eigenvalue weighted by Crippen LogP contribution is -2.66. The number of ketones is 1. The van der Waals surface area contributed by atoms with Crippen LogP contribution in [0.5, 0.6) is 0 Å². The Bertz CT molecular complexity index is 1490. The lowest BCUT2D eigenvalue weighted by molar-refractivity contribution is -0.235. The topological polar surface area (TPSA) is 130 Å². The van der Waals surface area contributed by atoms with Crippen LogP contribution in [0.1, 0.15) is 159 Å². The summed E-state index contributed by atoms with van der Waals surface area (Å²) in [6.07, 6.45) is 11.9. The molecule has 8 nitrogen and oxygen atoms in total. The largest absolute Gasteiger partial charge is 0.481 e. The second kappa shape index (κ2) is 13.5. The number of ether oxygens (including phenoxy) is 1. The number of carbonyl (C=O) groups excluding carboxylic acids is 3. The highest BCUT2D eigenvalue weighted by Crippen LogP contribution is 2.77. The number of aliphatic carboxylic acids is 1. The Kier molecular flexibility index (Phi) is 10.3. The Labute approximate surface area is 313 Å². The van der Waals surface area contributed by atoms with Crippen LogP contribution in [-0.2, 0) is 23.9 Å². The van der Waals surface area contributed by atoms with Gasteiger partial charge in [-0.25, -0.2) is 0 Å². The predicted molar refractivity (Wildman–Crippen MR) is 201 cm³/mol. The SMILES string of the molecule is CC(C)C1=C2[C@H]3CC[C@@H]4[C@@]5(C)CC[C@H](OC(=O)CC(C)(C)C(=O)O)C(C)(C)[C@@H]5CC[C@@]4(C)[C@]3(C)CC[C@@]2([C@H](O)CNC(=O)C2CCCCC2)CC1=O. The molecular weight excluding hydrogens is 654 g/mol.